The van der Waals surface area contributed by atoms with E-state index in [-0.39, 0.29) is 17.4 Å². The standard InChI is InChI=1S/C20H26N2O4S2/c1-13(2)11-21-19(23)20(24)22-12-18(17-6-5-9-27-17)28(25,26)16-8-7-14(3)15(4)10-16/h5-10,13,18H,11-12H2,1-4H3,(H,21,23)(H,22,24)/t18-/m1/s1. The fourth-order valence-corrected chi connectivity index (χ4v) is 5.40. The molecule has 0 saturated heterocycles. The molecule has 0 aliphatic carbocycles. The van der Waals surface area contributed by atoms with E-state index in [1.165, 1.54) is 11.3 Å². The van der Waals surface area contributed by atoms with Crippen LogP contribution in [0.5, 0.6) is 0 Å². The largest absolute Gasteiger partial charge is 0.348 e. The molecule has 8 heteroatoms. The van der Waals surface area contributed by atoms with Gasteiger partial charge in [0.25, 0.3) is 0 Å². The zero-order valence-electron chi connectivity index (χ0n) is 16.5. The Bertz CT molecular complexity index is 935. The summed E-state index contributed by atoms with van der Waals surface area (Å²) in [6.45, 7) is 7.81. The van der Waals surface area contributed by atoms with E-state index in [1.807, 2.05) is 27.7 Å². The summed E-state index contributed by atoms with van der Waals surface area (Å²) in [6.07, 6.45) is 0. The molecule has 2 aromatic rings. The molecule has 1 aromatic carbocycles. The average Bonchev–Trinajstić information content (AvgIpc) is 3.15. The number of rotatable bonds is 7. The molecular formula is C20H26N2O4S2. The van der Waals surface area contributed by atoms with E-state index in [0.717, 1.165) is 11.1 Å². The lowest BCUT2D eigenvalue weighted by atomic mass is 10.1. The Kier molecular flexibility index (Phi) is 7.37. The Hall–Kier alpha value is -2.19. The second-order valence-corrected chi connectivity index (χ2v) is 10.2. The maximum atomic E-state index is 13.2. The van der Waals surface area contributed by atoms with Gasteiger partial charge in [-0.3, -0.25) is 9.59 Å². The number of benzene rings is 1. The Morgan fingerprint density at radius 2 is 1.64 bits per heavy atom. The van der Waals surface area contributed by atoms with Crippen LogP contribution in [0.1, 0.15) is 35.1 Å². The fraction of sp³-hybridized carbons (Fsp3) is 0.400. The molecule has 0 fully saturated rings. The smallest absolute Gasteiger partial charge is 0.309 e. The van der Waals surface area contributed by atoms with Gasteiger partial charge in [0.05, 0.1) is 4.90 Å². The monoisotopic (exact) mass is 422 g/mol. The highest BCUT2D eigenvalue weighted by atomic mass is 32.2. The Morgan fingerprint density at radius 1 is 1.00 bits per heavy atom. The van der Waals surface area contributed by atoms with Crippen molar-refractivity contribution in [1.82, 2.24) is 10.6 Å². The van der Waals surface area contributed by atoms with Gasteiger partial charge in [0, 0.05) is 18.0 Å². The van der Waals surface area contributed by atoms with E-state index in [2.05, 4.69) is 10.6 Å². The number of carbonyl (C=O) groups is 2. The number of amides is 2. The quantitative estimate of drug-likeness (QED) is 0.671. The zero-order chi connectivity index (χ0) is 20.9. The van der Waals surface area contributed by atoms with Crippen molar-refractivity contribution < 1.29 is 18.0 Å². The van der Waals surface area contributed by atoms with Gasteiger partial charge in [-0.2, -0.15) is 0 Å². The molecule has 1 aromatic heterocycles. The van der Waals surface area contributed by atoms with Gasteiger partial charge in [0.2, 0.25) is 0 Å². The van der Waals surface area contributed by atoms with Crippen LogP contribution in [0.2, 0.25) is 0 Å². The van der Waals surface area contributed by atoms with Gasteiger partial charge in [-0.15, -0.1) is 11.3 Å². The minimum Gasteiger partial charge on any atom is -0.348 e. The minimum atomic E-state index is -3.75. The molecule has 2 rings (SSSR count). The van der Waals surface area contributed by atoms with Crippen LogP contribution in [0.15, 0.2) is 40.6 Å². The zero-order valence-corrected chi connectivity index (χ0v) is 18.1. The molecule has 0 unspecified atom stereocenters. The number of sulfone groups is 1. The second kappa shape index (κ2) is 9.34. The molecule has 1 heterocycles. The summed E-state index contributed by atoms with van der Waals surface area (Å²) in [5.41, 5.74) is 1.88. The number of hydrogen-bond donors (Lipinski definition) is 2. The SMILES string of the molecule is Cc1ccc(S(=O)(=O)[C@H](CNC(=O)C(=O)NCC(C)C)c2cccs2)cc1C. The van der Waals surface area contributed by atoms with Crippen LogP contribution < -0.4 is 10.6 Å². The topological polar surface area (TPSA) is 92.3 Å². The van der Waals surface area contributed by atoms with Crippen LogP contribution in [0.3, 0.4) is 0 Å². The van der Waals surface area contributed by atoms with Crippen molar-refractivity contribution in [3.63, 3.8) is 0 Å². The van der Waals surface area contributed by atoms with Gasteiger partial charge in [0.1, 0.15) is 5.25 Å². The molecule has 0 aliphatic heterocycles. The van der Waals surface area contributed by atoms with Crippen LogP contribution in [-0.4, -0.2) is 33.3 Å². The van der Waals surface area contributed by atoms with Crippen molar-refractivity contribution in [3.05, 3.63) is 51.7 Å². The van der Waals surface area contributed by atoms with Crippen molar-refractivity contribution >= 4 is 33.0 Å². The van der Waals surface area contributed by atoms with Gasteiger partial charge in [-0.25, -0.2) is 8.42 Å². The number of carbonyl (C=O) groups excluding carboxylic acids is 2. The maximum Gasteiger partial charge on any atom is 0.309 e. The third-order valence-corrected chi connectivity index (χ3v) is 7.58. The third-order valence-electron chi connectivity index (χ3n) is 4.37. The molecule has 0 saturated carbocycles. The molecule has 0 radical (unpaired) electrons. The molecule has 0 aliphatic rings. The number of thiophene rings is 1. The third kappa shape index (κ3) is 5.42. The minimum absolute atomic E-state index is 0.177. The van der Waals surface area contributed by atoms with E-state index in [4.69, 9.17) is 0 Å². The van der Waals surface area contributed by atoms with Crippen LogP contribution in [0.4, 0.5) is 0 Å². The molecule has 152 valence electrons. The summed E-state index contributed by atoms with van der Waals surface area (Å²) in [6, 6.07) is 8.47. The van der Waals surface area contributed by atoms with Crippen molar-refractivity contribution in [2.75, 3.05) is 13.1 Å². The molecule has 28 heavy (non-hydrogen) atoms. The van der Waals surface area contributed by atoms with E-state index in [0.29, 0.717) is 11.4 Å². The highest BCUT2D eigenvalue weighted by Crippen LogP contribution is 2.32. The van der Waals surface area contributed by atoms with Crippen LogP contribution >= 0.6 is 11.3 Å². The first-order valence-corrected chi connectivity index (χ1v) is 11.5. The van der Waals surface area contributed by atoms with E-state index in [1.54, 1.807) is 35.7 Å². The number of hydrogen-bond acceptors (Lipinski definition) is 5. The second-order valence-electron chi connectivity index (χ2n) is 7.11. The molecule has 0 bridgehead atoms. The van der Waals surface area contributed by atoms with Gasteiger partial charge in [0.15, 0.2) is 9.84 Å². The lowest BCUT2D eigenvalue weighted by Gasteiger charge is -2.18. The molecule has 2 N–H and O–H groups in total. The first-order valence-electron chi connectivity index (χ1n) is 9.03. The summed E-state index contributed by atoms with van der Waals surface area (Å²) in [5.74, 6) is -1.39. The first-order chi connectivity index (χ1) is 13.1. The molecule has 6 nitrogen and oxygen atoms in total. The summed E-state index contributed by atoms with van der Waals surface area (Å²) >= 11 is 1.30. The molecule has 0 spiro atoms. The van der Waals surface area contributed by atoms with E-state index >= 15 is 0 Å². The van der Waals surface area contributed by atoms with Crippen molar-refractivity contribution in [2.24, 2.45) is 5.92 Å². The van der Waals surface area contributed by atoms with Crippen LogP contribution in [0, 0.1) is 19.8 Å². The number of aryl methyl sites for hydroxylation is 2. The average molecular weight is 423 g/mol. The highest BCUT2D eigenvalue weighted by molar-refractivity contribution is 7.91. The normalized spacial score (nSPS) is 12.6. The summed E-state index contributed by atoms with van der Waals surface area (Å²) in [5, 5.41) is 5.83. The Balaban J connectivity index is 2.22. The summed E-state index contributed by atoms with van der Waals surface area (Å²) in [4.78, 5) is 24.8. The number of nitrogens with one attached hydrogen (secondary N) is 2. The van der Waals surface area contributed by atoms with Gasteiger partial charge in [-0.05, 0) is 54.5 Å². The Labute approximate surface area is 170 Å². The highest BCUT2D eigenvalue weighted by Gasteiger charge is 2.31. The molecular weight excluding hydrogens is 396 g/mol. The summed E-state index contributed by atoms with van der Waals surface area (Å²) < 4.78 is 26.5. The molecule has 1 atom stereocenters. The summed E-state index contributed by atoms with van der Waals surface area (Å²) in [7, 11) is -3.75. The van der Waals surface area contributed by atoms with Crippen LogP contribution in [-0.2, 0) is 19.4 Å². The lowest BCUT2D eigenvalue weighted by Crippen LogP contribution is -2.43. The maximum absolute atomic E-state index is 13.2. The van der Waals surface area contributed by atoms with Crippen LogP contribution in [0.25, 0.3) is 0 Å². The van der Waals surface area contributed by atoms with Gasteiger partial charge < -0.3 is 10.6 Å². The Morgan fingerprint density at radius 3 is 2.18 bits per heavy atom. The molecule has 2 amide bonds. The van der Waals surface area contributed by atoms with Crippen molar-refractivity contribution in [3.8, 4) is 0 Å². The van der Waals surface area contributed by atoms with Crippen molar-refractivity contribution in [1.29, 1.82) is 0 Å². The predicted octanol–water partition coefficient (Wildman–Crippen LogP) is 2.77. The van der Waals surface area contributed by atoms with E-state index in [9.17, 15) is 18.0 Å². The van der Waals surface area contributed by atoms with Crippen molar-refractivity contribution in [2.45, 2.75) is 37.8 Å². The lowest BCUT2D eigenvalue weighted by molar-refractivity contribution is -0.139. The predicted molar refractivity (Wildman–Crippen MR) is 111 cm³/mol. The fourth-order valence-electron chi connectivity index (χ4n) is 2.54. The van der Waals surface area contributed by atoms with E-state index < -0.39 is 26.9 Å². The van der Waals surface area contributed by atoms with Gasteiger partial charge in [-0.1, -0.05) is 26.0 Å². The first kappa shape index (κ1) is 22.1. The van der Waals surface area contributed by atoms with Gasteiger partial charge >= 0.3 is 11.8 Å².